The zero-order valence-electron chi connectivity index (χ0n) is 14.5. The topological polar surface area (TPSA) is 17.4 Å². The van der Waals surface area contributed by atoms with E-state index in [1.165, 1.54) is 22.0 Å². The number of likely N-dealkylation sites (N-methyl/N-ethyl adjacent to an activating group) is 1. The van der Waals surface area contributed by atoms with Crippen molar-refractivity contribution in [2.24, 2.45) is 0 Å². The van der Waals surface area contributed by atoms with Gasteiger partial charge in [-0.05, 0) is 49.8 Å². The number of hydrogen-bond acceptors (Lipinski definition) is 2. The molecule has 3 nitrogen and oxygen atoms in total. The van der Waals surface area contributed by atoms with Gasteiger partial charge in [0.25, 0.3) is 0 Å². The van der Waals surface area contributed by atoms with Gasteiger partial charge < -0.3 is 14.2 Å². The molecule has 128 valence electrons. The van der Waals surface area contributed by atoms with E-state index in [1.807, 2.05) is 6.07 Å². The Hall–Kier alpha value is -1.97. The number of hydrogen-bond donors (Lipinski definition) is 0. The van der Waals surface area contributed by atoms with Crippen molar-refractivity contribution >= 4 is 23.3 Å². The molecule has 0 aliphatic rings. The summed E-state index contributed by atoms with van der Waals surface area (Å²) in [5, 5.41) is 1.29. The Morgan fingerprint density at radius 2 is 1.79 bits per heavy atom. The molecule has 4 heteroatoms. The molecule has 0 aliphatic carbocycles. The van der Waals surface area contributed by atoms with Crippen LogP contribution in [0.3, 0.4) is 0 Å². The van der Waals surface area contributed by atoms with Gasteiger partial charge in [0.1, 0.15) is 5.75 Å². The number of rotatable bonds is 6. The summed E-state index contributed by atoms with van der Waals surface area (Å²) in [6.45, 7) is 1.94. The summed E-state index contributed by atoms with van der Waals surface area (Å²) in [5.74, 6) is 0.918. The largest absolute Gasteiger partial charge is 0.497 e. The smallest absolute Gasteiger partial charge is 0.119 e. The van der Waals surface area contributed by atoms with Gasteiger partial charge >= 0.3 is 0 Å². The average molecular weight is 345 g/mol. The first kappa shape index (κ1) is 18.4. The van der Waals surface area contributed by atoms with Gasteiger partial charge in [-0.15, -0.1) is 12.4 Å². The first-order chi connectivity index (χ1) is 11.2. The summed E-state index contributed by atoms with van der Waals surface area (Å²) in [7, 11) is 5.95. The third kappa shape index (κ3) is 4.11. The maximum atomic E-state index is 5.41. The van der Waals surface area contributed by atoms with Gasteiger partial charge in [0.2, 0.25) is 0 Å². The molecule has 0 amide bonds. The zero-order chi connectivity index (χ0) is 16.2. The minimum atomic E-state index is 0. The van der Waals surface area contributed by atoms with Crippen molar-refractivity contribution in [3.8, 4) is 5.75 Å². The fourth-order valence-corrected chi connectivity index (χ4v) is 2.93. The molecule has 24 heavy (non-hydrogen) atoms. The lowest BCUT2D eigenvalue weighted by molar-refractivity contribution is 0.413. The first-order valence-corrected chi connectivity index (χ1v) is 8.02. The highest BCUT2D eigenvalue weighted by molar-refractivity contribution is 5.86. The highest BCUT2D eigenvalue weighted by Crippen LogP contribution is 2.27. The molecule has 0 saturated heterocycles. The number of fused-ring (bicyclic) bond motifs is 1. The van der Waals surface area contributed by atoms with E-state index < -0.39 is 0 Å². The highest BCUT2D eigenvalue weighted by atomic mass is 35.5. The van der Waals surface area contributed by atoms with Crippen LogP contribution < -0.4 is 4.74 Å². The van der Waals surface area contributed by atoms with Crippen molar-refractivity contribution in [1.82, 2.24) is 9.47 Å². The van der Waals surface area contributed by atoms with Crippen molar-refractivity contribution in [3.05, 3.63) is 65.9 Å². The van der Waals surface area contributed by atoms with E-state index in [0.717, 1.165) is 25.3 Å². The van der Waals surface area contributed by atoms with E-state index in [1.54, 1.807) is 7.11 Å². The maximum absolute atomic E-state index is 5.41. The lowest BCUT2D eigenvalue weighted by atomic mass is 10.1. The average Bonchev–Trinajstić information content (AvgIpc) is 2.91. The van der Waals surface area contributed by atoms with Gasteiger partial charge in [0.05, 0.1) is 7.11 Å². The summed E-state index contributed by atoms with van der Waals surface area (Å²) in [5.41, 5.74) is 3.96. The number of nitrogens with zero attached hydrogens (tertiary/aromatic N) is 2. The minimum absolute atomic E-state index is 0. The predicted molar refractivity (Wildman–Crippen MR) is 104 cm³/mol. The third-order valence-electron chi connectivity index (χ3n) is 4.19. The van der Waals surface area contributed by atoms with E-state index in [-0.39, 0.29) is 12.4 Å². The van der Waals surface area contributed by atoms with Crippen LogP contribution in [0.4, 0.5) is 0 Å². The summed E-state index contributed by atoms with van der Waals surface area (Å²) in [6.07, 6.45) is 3.33. The monoisotopic (exact) mass is 344 g/mol. The molecule has 1 heterocycles. The van der Waals surface area contributed by atoms with Gasteiger partial charge in [-0.3, -0.25) is 0 Å². The zero-order valence-corrected chi connectivity index (χ0v) is 15.3. The van der Waals surface area contributed by atoms with Crippen LogP contribution in [0, 0.1) is 0 Å². The molecule has 3 rings (SSSR count). The normalized spacial score (nSPS) is 10.8. The Morgan fingerprint density at radius 3 is 2.46 bits per heavy atom. The summed E-state index contributed by atoms with van der Waals surface area (Å²) < 4.78 is 7.75. The number of ether oxygens (including phenoxy) is 1. The summed E-state index contributed by atoms with van der Waals surface area (Å²) in [6, 6.07) is 17.0. The Kier molecular flexibility index (Phi) is 6.29. The molecule has 0 spiro atoms. The SMILES string of the molecule is COc1ccc2c(c1)c(CCN(C)C)cn2Cc1ccccc1.Cl. The van der Waals surface area contributed by atoms with Crippen LogP contribution in [0.1, 0.15) is 11.1 Å². The predicted octanol–water partition coefficient (Wildman–Crippen LogP) is 4.22. The first-order valence-electron chi connectivity index (χ1n) is 8.02. The van der Waals surface area contributed by atoms with E-state index in [4.69, 9.17) is 4.74 Å². The lowest BCUT2D eigenvalue weighted by Crippen LogP contribution is -2.14. The number of halogens is 1. The molecule has 0 unspecified atom stereocenters. The number of methoxy groups -OCH3 is 1. The van der Waals surface area contributed by atoms with Crippen molar-refractivity contribution in [3.63, 3.8) is 0 Å². The highest BCUT2D eigenvalue weighted by Gasteiger charge is 2.10. The molecule has 2 aromatic carbocycles. The van der Waals surface area contributed by atoms with Crippen molar-refractivity contribution < 1.29 is 4.74 Å². The molecule has 0 radical (unpaired) electrons. The number of aromatic nitrogens is 1. The second-order valence-electron chi connectivity index (χ2n) is 6.20. The minimum Gasteiger partial charge on any atom is -0.497 e. The van der Waals surface area contributed by atoms with E-state index in [9.17, 15) is 0 Å². The van der Waals surface area contributed by atoms with Crippen molar-refractivity contribution in [1.29, 1.82) is 0 Å². The van der Waals surface area contributed by atoms with Gasteiger partial charge in [0.15, 0.2) is 0 Å². The standard InChI is InChI=1S/C20H24N2O.ClH/c1-21(2)12-11-17-15-22(14-16-7-5-4-6-8-16)20-10-9-18(23-3)13-19(17)20;/h4-10,13,15H,11-12,14H2,1-3H3;1H. The maximum Gasteiger partial charge on any atom is 0.119 e. The van der Waals surface area contributed by atoms with Crippen LogP contribution in [0.15, 0.2) is 54.7 Å². The second kappa shape index (κ2) is 8.22. The molecule has 0 aliphatic heterocycles. The van der Waals surface area contributed by atoms with Crippen LogP contribution in [-0.4, -0.2) is 37.2 Å². The molecule has 0 saturated carbocycles. The second-order valence-corrected chi connectivity index (χ2v) is 6.20. The molecule has 3 aromatic rings. The fraction of sp³-hybridized carbons (Fsp3) is 0.300. The van der Waals surface area contributed by atoms with Gasteiger partial charge in [-0.25, -0.2) is 0 Å². The summed E-state index contributed by atoms with van der Waals surface area (Å²) >= 11 is 0. The van der Waals surface area contributed by atoms with E-state index in [0.29, 0.717) is 0 Å². The number of benzene rings is 2. The van der Waals surface area contributed by atoms with Crippen molar-refractivity contribution in [2.75, 3.05) is 27.7 Å². The van der Waals surface area contributed by atoms with Crippen molar-refractivity contribution in [2.45, 2.75) is 13.0 Å². The van der Waals surface area contributed by atoms with Crippen LogP contribution in [0.25, 0.3) is 10.9 Å². The van der Waals surface area contributed by atoms with Gasteiger partial charge in [-0.2, -0.15) is 0 Å². The Morgan fingerprint density at radius 1 is 1.04 bits per heavy atom. The van der Waals surface area contributed by atoms with E-state index in [2.05, 4.69) is 72.2 Å². The van der Waals surface area contributed by atoms with E-state index >= 15 is 0 Å². The molecule has 0 fully saturated rings. The summed E-state index contributed by atoms with van der Waals surface area (Å²) in [4.78, 5) is 2.22. The molecular weight excluding hydrogens is 320 g/mol. The Labute approximate surface area is 150 Å². The molecule has 1 aromatic heterocycles. The lowest BCUT2D eigenvalue weighted by Gasteiger charge is -2.08. The molecular formula is C20H25ClN2O. The third-order valence-corrected chi connectivity index (χ3v) is 4.19. The van der Waals surface area contributed by atoms with Gasteiger partial charge in [-0.1, -0.05) is 30.3 Å². The van der Waals surface area contributed by atoms with Crippen LogP contribution >= 0.6 is 12.4 Å². The molecule has 0 bridgehead atoms. The molecule has 0 atom stereocenters. The Bertz CT molecular complexity index is 781. The van der Waals surface area contributed by atoms with Crippen LogP contribution in [0.5, 0.6) is 5.75 Å². The quantitative estimate of drug-likeness (QED) is 0.666. The van der Waals surface area contributed by atoms with Crippen LogP contribution in [-0.2, 0) is 13.0 Å². The fourth-order valence-electron chi connectivity index (χ4n) is 2.93. The van der Waals surface area contributed by atoms with Gasteiger partial charge in [0, 0.05) is 30.2 Å². The van der Waals surface area contributed by atoms with Crippen LogP contribution in [0.2, 0.25) is 0 Å². The molecule has 0 N–H and O–H groups in total. The Balaban J connectivity index is 0.00000208.